The van der Waals surface area contributed by atoms with Crippen molar-refractivity contribution in [3.8, 4) is 5.75 Å². The van der Waals surface area contributed by atoms with E-state index in [2.05, 4.69) is 15.1 Å². The number of aliphatic carboxylic acids is 1. The summed E-state index contributed by atoms with van der Waals surface area (Å²) < 4.78 is 10.1. The maximum atomic E-state index is 12.3. The number of amides is 1. The molecule has 2 atom stereocenters. The van der Waals surface area contributed by atoms with Crippen molar-refractivity contribution in [2.45, 2.75) is 25.0 Å². The molecule has 1 heterocycles. The van der Waals surface area contributed by atoms with Crippen LogP contribution in [0.15, 0.2) is 18.5 Å². The Balaban J connectivity index is 2.84. The van der Waals surface area contributed by atoms with Gasteiger partial charge in [0.1, 0.15) is 11.8 Å². The number of pyridine rings is 1. The fourth-order valence-corrected chi connectivity index (χ4v) is 2.01. The van der Waals surface area contributed by atoms with Gasteiger partial charge in [-0.2, -0.15) is 4.79 Å². The van der Waals surface area contributed by atoms with Gasteiger partial charge in [-0.1, -0.05) is 0 Å². The fourth-order valence-electron chi connectivity index (χ4n) is 2.01. The Morgan fingerprint density at radius 3 is 2.68 bits per heavy atom. The summed E-state index contributed by atoms with van der Waals surface area (Å²) in [5.41, 5.74) is 8.64. The van der Waals surface area contributed by atoms with Gasteiger partial charge >= 0.3 is 12.2 Å². The molecule has 134 valence electrons. The van der Waals surface area contributed by atoms with Crippen molar-refractivity contribution in [1.29, 1.82) is 0 Å². The number of hydrogen-bond acceptors (Lipinski definition) is 6. The first-order chi connectivity index (χ1) is 11.9. The highest BCUT2D eigenvalue weighted by Crippen LogP contribution is 2.20. The van der Waals surface area contributed by atoms with Gasteiger partial charge in [-0.25, -0.2) is 4.79 Å². The highest BCUT2D eigenvalue weighted by molar-refractivity contribution is 6.25. The molecule has 0 bridgehead atoms. The number of carboxylic acids is 1. The molecule has 2 N–H and O–H groups in total. The van der Waals surface area contributed by atoms with Crippen molar-refractivity contribution in [3.05, 3.63) is 29.6 Å². The molecule has 0 saturated carbocycles. The number of aromatic nitrogens is 1. The van der Waals surface area contributed by atoms with Crippen LogP contribution in [0.4, 0.5) is 0 Å². The van der Waals surface area contributed by atoms with E-state index < -0.39 is 29.8 Å². The molecule has 25 heavy (non-hydrogen) atoms. The molecule has 1 rings (SSSR count). The summed E-state index contributed by atoms with van der Waals surface area (Å²) in [5, 5.41) is 11.5. The maximum Gasteiger partial charge on any atom is 0.326 e. The normalized spacial score (nSPS) is 12.4. The number of Topliss-reactive ketones (excluding diaryl/α,β-unsaturated/α-hetero) is 1. The Kier molecular flexibility index (Phi) is 7.91. The van der Waals surface area contributed by atoms with Gasteiger partial charge in [0, 0.05) is 25.3 Å². The minimum Gasteiger partial charge on any atom is -0.495 e. The second-order valence-electron chi connectivity index (χ2n) is 4.92. The van der Waals surface area contributed by atoms with Crippen LogP contribution in [0.3, 0.4) is 0 Å². The quantitative estimate of drug-likeness (QED) is 0.342. The summed E-state index contributed by atoms with van der Waals surface area (Å²) in [5.74, 6) is -2.16. The third kappa shape index (κ3) is 6.13. The molecule has 0 aliphatic heterocycles. The van der Waals surface area contributed by atoms with Crippen LogP contribution in [0.25, 0.3) is 5.53 Å². The van der Waals surface area contributed by atoms with Crippen molar-refractivity contribution in [3.63, 3.8) is 0 Å². The van der Waals surface area contributed by atoms with Crippen molar-refractivity contribution >= 4 is 23.9 Å². The Bertz CT molecular complexity index is 686. The van der Waals surface area contributed by atoms with Crippen LogP contribution >= 0.6 is 0 Å². The van der Waals surface area contributed by atoms with Crippen LogP contribution in [0.2, 0.25) is 0 Å². The molecule has 0 aliphatic carbocycles. The summed E-state index contributed by atoms with van der Waals surface area (Å²) >= 11 is 0. The number of carboxylic acid groups (broad SMARTS) is 1. The zero-order valence-corrected chi connectivity index (χ0v) is 13.7. The van der Waals surface area contributed by atoms with Gasteiger partial charge in [0.15, 0.2) is 6.10 Å². The highest BCUT2D eigenvalue weighted by atomic mass is 16.5. The standard InChI is InChI=1S/C15H18N4O6/c1-24-11-5-9(6-17-8-11)13(25-2)14(21)19-12(15(22)23)4-3-10(20)7-18-16/h5-8,12-13H,3-4H2,1-2H3,(H,19,21)(H,22,23)/t12-,13+/m0/s1. The highest BCUT2D eigenvalue weighted by Gasteiger charge is 2.27. The lowest BCUT2D eigenvalue weighted by Crippen LogP contribution is -2.43. The number of carbonyl (C=O) groups excluding carboxylic acids is 2. The lowest BCUT2D eigenvalue weighted by molar-refractivity contribution is -0.144. The minimum absolute atomic E-state index is 0.168. The number of rotatable bonds is 10. The third-order valence-corrected chi connectivity index (χ3v) is 3.24. The molecule has 10 nitrogen and oxygen atoms in total. The summed E-state index contributed by atoms with van der Waals surface area (Å²) in [7, 11) is 2.73. The first-order valence-electron chi connectivity index (χ1n) is 7.18. The molecule has 0 spiro atoms. The van der Waals surface area contributed by atoms with Crippen LogP contribution in [0, 0.1) is 0 Å². The summed E-state index contributed by atoms with van der Waals surface area (Å²) in [6.45, 7) is 0. The number of hydrogen-bond donors (Lipinski definition) is 2. The van der Waals surface area contributed by atoms with Gasteiger partial charge < -0.3 is 25.4 Å². The van der Waals surface area contributed by atoms with Crippen LogP contribution in [0.1, 0.15) is 24.5 Å². The van der Waals surface area contributed by atoms with E-state index in [-0.39, 0.29) is 12.8 Å². The molecule has 1 amide bonds. The van der Waals surface area contributed by atoms with E-state index in [0.29, 0.717) is 17.5 Å². The van der Waals surface area contributed by atoms with Crippen LogP contribution in [0.5, 0.6) is 5.75 Å². The Morgan fingerprint density at radius 2 is 2.12 bits per heavy atom. The largest absolute Gasteiger partial charge is 0.495 e. The molecule has 0 radical (unpaired) electrons. The van der Waals surface area contributed by atoms with Gasteiger partial charge in [0.2, 0.25) is 5.78 Å². The predicted octanol–water partition coefficient (Wildman–Crippen LogP) is -0.00300. The molecule has 0 aliphatic rings. The molecule has 1 aromatic heterocycles. The lowest BCUT2D eigenvalue weighted by atomic mass is 10.1. The van der Waals surface area contributed by atoms with Gasteiger partial charge in [0.25, 0.3) is 5.91 Å². The minimum atomic E-state index is -1.31. The number of ketones is 1. The van der Waals surface area contributed by atoms with Crippen molar-refractivity contribution in [1.82, 2.24) is 10.3 Å². The molecule has 1 aromatic rings. The van der Waals surface area contributed by atoms with Crippen molar-refractivity contribution < 1.29 is 33.8 Å². The summed E-state index contributed by atoms with van der Waals surface area (Å²) in [4.78, 5) is 41.4. The van der Waals surface area contributed by atoms with Gasteiger partial charge in [-0.3, -0.25) is 14.6 Å². The second-order valence-corrected chi connectivity index (χ2v) is 4.92. The van der Waals surface area contributed by atoms with E-state index >= 15 is 0 Å². The van der Waals surface area contributed by atoms with E-state index in [4.69, 9.17) is 15.0 Å². The molecule has 0 aromatic carbocycles. The third-order valence-electron chi connectivity index (χ3n) is 3.24. The van der Waals surface area contributed by atoms with Crippen molar-refractivity contribution in [2.75, 3.05) is 14.2 Å². The van der Waals surface area contributed by atoms with E-state index in [1.165, 1.54) is 32.7 Å². The SMILES string of the molecule is COc1cncc([C@@H](OC)C(=O)N[C@@H](CCC(=O)C=[N+]=[N-])C(=O)O)c1. The van der Waals surface area contributed by atoms with Gasteiger partial charge in [-0.05, 0) is 12.5 Å². The molecule has 0 saturated heterocycles. The Labute approximate surface area is 143 Å². The average molecular weight is 350 g/mol. The van der Waals surface area contributed by atoms with Crippen molar-refractivity contribution in [2.24, 2.45) is 0 Å². The molecule has 0 unspecified atom stereocenters. The zero-order valence-electron chi connectivity index (χ0n) is 13.7. The molecule has 10 heteroatoms. The average Bonchev–Trinajstić information content (AvgIpc) is 2.59. The first-order valence-corrected chi connectivity index (χ1v) is 7.18. The van der Waals surface area contributed by atoms with E-state index in [0.717, 1.165) is 0 Å². The summed E-state index contributed by atoms with van der Waals surface area (Å²) in [6, 6.07) is 0.234. The Morgan fingerprint density at radius 1 is 1.40 bits per heavy atom. The topological polar surface area (TPSA) is 151 Å². The monoisotopic (exact) mass is 350 g/mol. The van der Waals surface area contributed by atoms with E-state index in [1.807, 2.05) is 0 Å². The van der Waals surface area contributed by atoms with E-state index in [1.54, 1.807) is 0 Å². The van der Waals surface area contributed by atoms with E-state index in [9.17, 15) is 19.5 Å². The molecular weight excluding hydrogens is 332 g/mol. The number of nitrogens with one attached hydrogen (secondary N) is 1. The Hall–Kier alpha value is -3.10. The predicted molar refractivity (Wildman–Crippen MR) is 84.0 cm³/mol. The van der Waals surface area contributed by atoms with Crippen LogP contribution in [-0.4, -0.2) is 59.0 Å². The lowest BCUT2D eigenvalue weighted by Gasteiger charge is -2.19. The molecular formula is C15H18N4O6. The van der Waals surface area contributed by atoms with Gasteiger partial charge in [0.05, 0.1) is 13.3 Å². The smallest absolute Gasteiger partial charge is 0.326 e. The van der Waals surface area contributed by atoms with Gasteiger partial charge in [-0.15, -0.1) is 0 Å². The first kappa shape index (κ1) is 19.9. The number of nitrogens with zero attached hydrogens (tertiary/aromatic N) is 3. The second kappa shape index (κ2) is 9.91. The van der Waals surface area contributed by atoms with Crippen LogP contribution < -0.4 is 10.1 Å². The zero-order chi connectivity index (χ0) is 18.8. The summed E-state index contributed by atoms with van der Waals surface area (Å²) in [6.07, 6.45) is 2.04. The fraction of sp³-hybridized carbons (Fsp3) is 0.400. The molecule has 0 fully saturated rings. The number of methoxy groups -OCH3 is 2. The maximum absolute atomic E-state index is 12.3. The number of ether oxygens (including phenoxy) is 2. The number of carbonyl (C=O) groups is 3. The van der Waals surface area contributed by atoms with Crippen LogP contribution in [-0.2, 0) is 19.1 Å².